The molecule has 0 aliphatic heterocycles. The molecule has 0 saturated heterocycles. The maximum absolute atomic E-state index is 12.1. The van der Waals surface area contributed by atoms with Crippen molar-refractivity contribution in [1.82, 2.24) is 5.32 Å². The van der Waals surface area contributed by atoms with Gasteiger partial charge in [-0.1, -0.05) is 97.3 Å². The summed E-state index contributed by atoms with van der Waals surface area (Å²) in [6.07, 6.45) is 11.8. The lowest BCUT2D eigenvalue weighted by molar-refractivity contribution is -0.132. The number of rotatable bonds is 20. The van der Waals surface area contributed by atoms with Gasteiger partial charge in [-0.2, -0.15) is 0 Å². The Labute approximate surface area is 178 Å². The van der Waals surface area contributed by atoms with Crippen molar-refractivity contribution in [3.8, 4) is 0 Å². The van der Waals surface area contributed by atoms with Crippen molar-refractivity contribution in [3.05, 3.63) is 0 Å². The summed E-state index contributed by atoms with van der Waals surface area (Å²) in [5, 5.41) is 42.3. The fraction of sp³-hybridized carbons (Fsp3) is 0.957. The van der Waals surface area contributed by atoms with Gasteiger partial charge in [0.25, 0.3) is 0 Å². The third-order valence-corrected chi connectivity index (χ3v) is 5.57. The molecule has 5 N–H and O–H groups in total. The number of aliphatic hydroxyl groups is 4. The average Bonchev–Trinajstić information content (AvgIpc) is 2.72. The molecular formula is C23H47NO5. The second kappa shape index (κ2) is 19.3. The predicted molar refractivity (Wildman–Crippen MR) is 118 cm³/mol. The van der Waals surface area contributed by atoms with Gasteiger partial charge in [-0.3, -0.25) is 4.79 Å². The van der Waals surface area contributed by atoms with E-state index in [1.165, 1.54) is 38.5 Å². The SMILES string of the molecule is CCCCCCCCCCCC(O)C(=O)NC(CO)C(O)C(O)CCCCCC. The zero-order valence-electron chi connectivity index (χ0n) is 18.8. The molecule has 4 atom stereocenters. The normalized spacial score (nSPS) is 15.7. The van der Waals surface area contributed by atoms with Gasteiger partial charge < -0.3 is 25.7 Å². The number of aliphatic hydroxyl groups excluding tert-OH is 4. The van der Waals surface area contributed by atoms with Crippen molar-refractivity contribution in [1.29, 1.82) is 0 Å². The molecule has 29 heavy (non-hydrogen) atoms. The fourth-order valence-electron chi connectivity index (χ4n) is 3.52. The lowest BCUT2D eigenvalue weighted by Crippen LogP contribution is -2.53. The van der Waals surface area contributed by atoms with Crippen LogP contribution in [0.15, 0.2) is 0 Å². The lowest BCUT2D eigenvalue weighted by atomic mass is 9.99. The molecule has 0 heterocycles. The lowest BCUT2D eigenvalue weighted by Gasteiger charge is -2.27. The highest BCUT2D eigenvalue weighted by Gasteiger charge is 2.28. The van der Waals surface area contributed by atoms with Gasteiger partial charge in [0, 0.05) is 0 Å². The Hall–Kier alpha value is -0.690. The van der Waals surface area contributed by atoms with Gasteiger partial charge in [0.1, 0.15) is 12.2 Å². The van der Waals surface area contributed by atoms with Crippen LogP contribution in [0.1, 0.15) is 110 Å². The van der Waals surface area contributed by atoms with Crippen LogP contribution < -0.4 is 5.32 Å². The summed E-state index contributed by atoms with van der Waals surface area (Å²) in [4.78, 5) is 12.1. The molecule has 0 bridgehead atoms. The first-order valence-electron chi connectivity index (χ1n) is 11.9. The van der Waals surface area contributed by atoms with Crippen LogP contribution in [-0.4, -0.2) is 57.3 Å². The highest BCUT2D eigenvalue weighted by molar-refractivity contribution is 5.80. The molecule has 0 aliphatic carbocycles. The monoisotopic (exact) mass is 417 g/mol. The molecule has 0 spiro atoms. The third kappa shape index (κ3) is 14.9. The largest absolute Gasteiger partial charge is 0.394 e. The quantitative estimate of drug-likeness (QED) is 0.195. The molecule has 0 aliphatic rings. The maximum Gasteiger partial charge on any atom is 0.249 e. The van der Waals surface area contributed by atoms with Gasteiger partial charge in [-0.15, -0.1) is 0 Å². The van der Waals surface area contributed by atoms with E-state index >= 15 is 0 Å². The summed E-state index contributed by atoms with van der Waals surface area (Å²) in [5.41, 5.74) is 0. The van der Waals surface area contributed by atoms with Crippen molar-refractivity contribution >= 4 is 5.91 Å². The standard InChI is InChI=1S/C23H47NO5/c1-3-5-7-9-10-11-12-13-15-17-21(27)23(29)24-19(18-25)22(28)20(26)16-14-8-6-4-2/h19-22,25-28H,3-18H2,1-2H3,(H,24,29). The van der Waals surface area contributed by atoms with Crippen LogP contribution in [0, 0.1) is 0 Å². The smallest absolute Gasteiger partial charge is 0.249 e. The minimum atomic E-state index is -1.24. The van der Waals surface area contributed by atoms with Crippen molar-refractivity contribution < 1.29 is 25.2 Å². The van der Waals surface area contributed by atoms with Crippen molar-refractivity contribution in [2.24, 2.45) is 0 Å². The Bertz CT molecular complexity index is 380. The average molecular weight is 418 g/mol. The molecule has 0 rings (SSSR count). The number of nitrogens with one attached hydrogen (secondary N) is 1. The zero-order valence-corrected chi connectivity index (χ0v) is 18.8. The summed E-state index contributed by atoms with van der Waals surface area (Å²) in [6, 6.07) is -0.971. The predicted octanol–water partition coefficient (Wildman–Crippen LogP) is 3.44. The Kier molecular flexibility index (Phi) is 18.8. The van der Waals surface area contributed by atoms with Crippen LogP contribution >= 0.6 is 0 Å². The fourth-order valence-corrected chi connectivity index (χ4v) is 3.52. The van der Waals surface area contributed by atoms with Crippen molar-refractivity contribution in [2.75, 3.05) is 6.61 Å². The van der Waals surface area contributed by atoms with Gasteiger partial charge in [0.05, 0.1) is 18.8 Å². The molecule has 0 aromatic rings. The number of hydrogen-bond donors (Lipinski definition) is 5. The van der Waals surface area contributed by atoms with E-state index in [0.29, 0.717) is 12.8 Å². The highest BCUT2D eigenvalue weighted by atomic mass is 16.3. The van der Waals surface area contributed by atoms with E-state index in [9.17, 15) is 25.2 Å². The van der Waals surface area contributed by atoms with Crippen LogP contribution in [0.4, 0.5) is 0 Å². The summed E-state index contributed by atoms with van der Waals surface area (Å²) in [6.45, 7) is 3.83. The topological polar surface area (TPSA) is 110 Å². The van der Waals surface area contributed by atoms with Crippen molar-refractivity contribution in [3.63, 3.8) is 0 Å². The second-order valence-electron chi connectivity index (χ2n) is 8.34. The molecule has 1 amide bonds. The van der Waals surface area contributed by atoms with Crippen LogP contribution in [0.2, 0.25) is 0 Å². The Morgan fingerprint density at radius 1 is 0.724 bits per heavy atom. The number of amides is 1. The van der Waals surface area contributed by atoms with E-state index in [0.717, 1.165) is 44.9 Å². The molecule has 0 radical (unpaired) electrons. The Morgan fingerprint density at radius 2 is 1.17 bits per heavy atom. The molecule has 0 saturated carbocycles. The number of hydrogen-bond acceptors (Lipinski definition) is 5. The Balaban J connectivity index is 4.00. The van der Waals surface area contributed by atoms with Gasteiger partial charge in [-0.25, -0.2) is 0 Å². The molecule has 4 unspecified atom stereocenters. The third-order valence-electron chi connectivity index (χ3n) is 5.57. The van der Waals surface area contributed by atoms with Gasteiger partial charge in [0.15, 0.2) is 0 Å². The molecule has 6 heteroatoms. The van der Waals surface area contributed by atoms with E-state index in [-0.39, 0.29) is 0 Å². The summed E-state index contributed by atoms with van der Waals surface area (Å²) in [5.74, 6) is -0.596. The molecule has 0 aromatic heterocycles. The highest BCUT2D eigenvalue weighted by Crippen LogP contribution is 2.13. The van der Waals surface area contributed by atoms with E-state index in [2.05, 4.69) is 19.2 Å². The molecule has 6 nitrogen and oxygen atoms in total. The Morgan fingerprint density at radius 3 is 1.69 bits per heavy atom. The van der Waals surface area contributed by atoms with Crippen molar-refractivity contribution in [2.45, 2.75) is 135 Å². The molecule has 0 aromatic carbocycles. The van der Waals surface area contributed by atoms with Crippen LogP contribution in [-0.2, 0) is 4.79 Å². The number of unbranched alkanes of at least 4 members (excludes halogenated alkanes) is 11. The minimum absolute atomic E-state index is 0.371. The zero-order chi connectivity index (χ0) is 21.9. The number of carbonyl (C=O) groups is 1. The molecule has 0 fully saturated rings. The van der Waals surface area contributed by atoms with E-state index in [4.69, 9.17) is 0 Å². The first kappa shape index (κ1) is 28.3. The van der Waals surface area contributed by atoms with Gasteiger partial charge in [-0.05, 0) is 12.8 Å². The molecule has 174 valence electrons. The van der Waals surface area contributed by atoms with Crippen LogP contribution in [0.3, 0.4) is 0 Å². The van der Waals surface area contributed by atoms with E-state index in [1.807, 2.05) is 0 Å². The van der Waals surface area contributed by atoms with Crippen LogP contribution in [0.25, 0.3) is 0 Å². The summed E-state index contributed by atoms with van der Waals surface area (Å²) in [7, 11) is 0. The second-order valence-corrected chi connectivity index (χ2v) is 8.34. The van der Waals surface area contributed by atoms with E-state index in [1.54, 1.807) is 0 Å². The van der Waals surface area contributed by atoms with Gasteiger partial charge >= 0.3 is 0 Å². The van der Waals surface area contributed by atoms with E-state index < -0.39 is 36.9 Å². The van der Waals surface area contributed by atoms with Crippen LogP contribution in [0.5, 0.6) is 0 Å². The first-order valence-corrected chi connectivity index (χ1v) is 11.9. The first-order chi connectivity index (χ1) is 14.0. The summed E-state index contributed by atoms with van der Waals surface area (Å²) < 4.78 is 0. The minimum Gasteiger partial charge on any atom is -0.394 e. The maximum atomic E-state index is 12.1. The van der Waals surface area contributed by atoms with Gasteiger partial charge in [0.2, 0.25) is 5.91 Å². The summed E-state index contributed by atoms with van der Waals surface area (Å²) >= 11 is 0. The number of carbonyl (C=O) groups excluding carboxylic acids is 1. The molecular weight excluding hydrogens is 370 g/mol.